The average molecular weight is 276 g/mol. The molecule has 20 heavy (non-hydrogen) atoms. The van der Waals surface area contributed by atoms with Crippen molar-refractivity contribution in [2.75, 3.05) is 20.1 Å². The zero-order valence-electron chi connectivity index (χ0n) is 11.7. The summed E-state index contributed by atoms with van der Waals surface area (Å²) in [4.78, 5) is 8.83. The van der Waals surface area contributed by atoms with E-state index in [1.54, 1.807) is 6.26 Å². The molecule has 6 heteroatoms. The van der Waals surface area contributed by atoms with Crippen LogP contribution >= 0.6 is 0 Å². The minimum Gasteiger partial charge on any atom is -0.468 e. The molecule has 0 saturated carbocycles. The van der Waals surface area contributed by atoms with Crippen LogP contribution in [0.3, 0.4) is 0 Å². The first-order chi connectivity index (χ1) is 9.81. The van der Waals surface area contributed by atoms with Gasteiger partial charge in [-0.1, -0.05) is 5.16 Å². The molecule has 0 aromatic carbocycles. The summed E-state index contributed by atoms with van der Waals surface area (Å²) in [6.07, 6.45) is 5.44. The average Bonchev–Trinajstić information content (AvgIpc) is 3.13. The molecule has 108 valence electrons. The normalized spacial score (nSPS) is 17.9. The smallest absolute Gasteiger partial charge is 0.213 e. The number of rotatable bonds is 5. The zero-order valence-corrected chi connectivity index (χ0v) is 11.7. The maximum Gasteiger partial charge on any atom is 0.213 e. The van der Waals surface area contributed by atoms with Crippen LogP contribution in [0.1, 0.15) is 24.4 Å². The highest BCUT2D eigenvalue weighted by Crippen LogP contribution is 2.18. The molecule has 2 aromatic heterocycles. The SMILES string of the molecule is CN(Cc1ncon1)C1CCN(Cc2ccco2)CC1. The Balaban J connectivity index is 1.45. The van der Waals surface area contributed by atoms with Gasteiger partial charge in [-0.05, 0) is 32.0 Å². The lowest BCUT2D eigenvalue weighted by Gasteiger charge is -2.35. The van der Waals surface area contributed by atoms with Gasteiger partial charge in [0.15, 0.2) is 5.82 Å². The van der Waals surface area contributed by atoms with Crippen molar-refractivity contribution in [3.63, 3.8) is 0 Å². The fraction of sp³-hybridized carbons (Fsp3) is 0.571. The number of hydrogen-bond donors (Lipinski definition) is 0. The molecule has 0 atom stereocenters. The Morgan fingerprint density at radius 1 is 1.40 bits per heavy atom. The number of hydrogen-bond acceptors (Lipinski definition) is 6. The van der Waals surface area contributed by atoms with Gasteiger partial charge in [0.2, 0.25) is 6.39 Å². The third-order valence-corrected chi connectivity index (χ3v) is 3.94. The molecule has 3 rings (SSSR count). The first-order valence-corrected chi connectivity index (χ1v) is 7.01. The molecule has 1 aliphatic heterocycles. The number of nitrogens with zero attached hydrogens (tertiary/aromatic N) is 4. The fourth-order valence-corrected chi connectivity index (χ4v) is 2.76. The third kappa shape index (κ3) is 3.26. The predicted molar refractivity (Wildman–Crippen MR) is 72.8 cm³/mol. The summed E-state index contributed by atoms with van der Waals surface area (Å²) in [6, 6.07) is 4.57. The largest absolute Gasteiger partial charge is 0.468 e. The Kier molecular flexibility index (Phi) is 4.13. The Morgan fingerprint density at radius 2 is 2.25 bits per heavy atom. The Morgan fingerprint density at radius 3 is 2.90 bits per heavy atom. The summed E-state index contributed by atoms with van der Waals surface area (Å²) < 4.78 is 10.2. The van der Waals surface area contributed by atoms with Crippen molar-refractivity contribution in [1.29, 1.82) is 0 Å². The number of aromatic nitrogens is 2. The highest BCUT2D eigenvalue weighted by molar-refractivity contribution is 4.98. The minimum atomic E-state index is 0.585. The van der Waals surface area contributed by atoms with E-state index in [0.717, 1.165) is 50.6 Å². The van der Waals surface area contributed by atoms with Gasteiger partial charge in [0.25, 0.3) is 0 Å². The molecule has 6 nitrogen and oxygen atoms in total. The van der Waals surface area contributed by atoms with Gasteiger partial charge >= 0.3 is 0 Å². The van der Waals surface area contributed by atoms with Crippen molar-refractivity contribution in [2.45, 2.75) is 32.0 Å². The van der Waals surface area contributed by atoms with E-state index in [0.29, 0.717) is 6.04 Å². The van der Waals surface area contributed by atoms with Gasteiger partial charge in [-0.2, -0.15) is 4.98 Å². The van der Waals surface area contributed by atoms with Crippen molar-refractivity contribution in [2.24, 2.45) is 0 Å². The second-order valence-electron chi connectivity index (χ2n) is 5.35. The monoisotopic (exact) mass is 276 g/mol. The van der Waals surface area contributed by atoms with E-state index in [1.165, 1.54) is 6.39 Å². The predicted octanol–water partition coefficient (Wildman–Crippen LogP) is 1.76. The molecule has 0 aliphatic carbocycles. The van der Waals surface area contributed by atoms with Crippen LogP contribution in [0.15, 0.2) is 33.7 Å². The fourth-order valence-electron chi connectivity index (χ4n) is 2.76. The summed E-state index contributed by atoms with van der Waals surface area (Å²) in [5, 5.41) is 3.87. The maximum absolute atomic E-state index is 5.40. The molecule has 0 unspecified atom stereocenters. The van der Waals surface area contributed by atoms with Gasteiger partial charge in [0.05, 0.1) is 19.4 Å². The van der Waals surface area contributed by atoms with Crippen LogP contribution in [0.5, 0.6) is 0 Å². The molecule has 2 aromatic rings. The standard InChI is InChI=1S/C14H20N4O2/c1-17(10-14-15-11-20-16-14)12-4-6-18(7-5-12)9-13-3-2-8-19-13/h2-3,8,11-12H,4-7,9-10H2,1H3. The second-order valence-corrected chi connectivity index (χ2v) is 5.35. The lowest BCUT2D eigenvalue weighted by atomic mass is 10.0. The van der Waals surface area contributed by atoms with Crippen LogP contribution < -0.4 is 0 Å². The third-order valence-electron chi connectivity index (χ3n) is 3.94. The van der Waals surface area contributed by atoms with Gasteiger partial charge in [-0.3, -0.25) is 9.80 Å². The molecule has 1 aliphatic rings. The van der Waals surface area contributed by atoms with Crippen LogP contribution in [0.2, 0.25) is 0 Å². The van der Waals surface area contributed by atoms with Crippen LogP contribution in [-0.2, 0) is 13.1 Å². The van der Waals surface area contributed by atoms with Crippen LogP contribution in [0.4, 0.5) is 0 Å². The summed E-state index contributed by atoms with van der Waals surface area (Å²) in [5.74, 6) is 1.80. The molecule has 0 bridgehead atoms. The quantitative estimate of drug-likeness (QED) is 0.829. The van der Waals surface area contributed by atoms with Gasteiger partial charge in [0.1, 0.15) is 5.76 Å². The van der Waals surface area contributed by atoms with Gasteiger partial charge in [-0.15, -0.1) is 0 Å². The van der Waals surface area contributed by atoms with Crippen LogP contribution in [0, 0.1) is 0 Å². The number of piperidine rings is 1. The number of likely N-dealkylation sites (tertiary alicyclic amines) is 1. The van der Waals surface area contributed by atoms with Gasteiger partial charge in [-0.25, -0.2) is 0 Å². The summed E-state index contributed by atoms with van der Waals surface area (Å²) >= 11 is 0. The summed E-state index contributed by atoms with van der Waals surface area (Å²) in [7, 11) is 2.13. The molecule has 3 heterocycles. The Labute approximate surface area is 118 Å². The molecule has 0 N–H and O–H groups in total. The highest BCUT2D eigenvalue weighted by Gasteiger charge is 2.23. The van der Waals surface area contributed by atoms with Crippen molar-refractivity contribution < 1.29 is 8.94 Å². The van der Waals surface area contributed by atoms with Crippen molar-refractivity contribution >= 4 is 0 Å². The topological polar surface area (TPSA) is 58.5 Å². The lowest BCUT2D eigenvalue weighted by Crippen LogP contribution is -2.42. The van der Waals surface area contributed by atoms with Crippen molar-refractivity contribution in [1.82, 2.24) is 19.9 Å². The second kappa shape index (κ2) is 6.19. The van der Waals surface area contributed by atoms with Gasteiger partial charge < -0.3 is 8.94 Å². The zero-order chi connectivity index (χ0) is 13.8. The molecule has 0 amide bonds. The lowest BCUT2D eigenvalue weighted by molar-refractivity contribution is 0.112. The van der Waals surface area contributed by atoms with E-state index in [1.807, 2.05) is 12.1 Å². The Bertz CT molecular complexity index is 489. The molecule has 0 radical (unpaired) electrons. The van der Waals surface area contributed by atoms with E-state index in [9.17, 15) is 0 Å². The van der Waals surface area contributed by atoms with E-state index in [4.69, 9.17) is 8.94 Å². The van der Waals surface area contributed by atoms with Crippen molar-refractivity contribution in [3.8, 4) is 0 Å². The van der Waals surface area contributed by atoms with Gasteiger partial charge in [0, 0.05) is 19.1 Å². The first-order valence-electron chi connectivity index (χ1n) is 7.01. The summed E-state index contributed by atoms with van der Waals surface area (Å²) in [5.41, 5.74) is 0. The van der Waals surface area contributed by atoms with E-state index < -0.39 is 0 Å². The number of furan rings is 1. The highest BCUT2D eigenvalue weighted by atomic mass is 16.5. The van der Waals surface area contributed by atoms with E-state index in [-0.39, 0.29) is 0 Å². The molecule has 0 spiro atoms. The molecule has 1 saturated heterocycles. The van der Waals surface area contributed by atoms with E-state index >= 15 is 0 Å². The Hall–Kier alpha value is -1.66. The molecular weight excluding hydrogens is 256 g/mol. The van der Waals surface area contributed by atoms with E-state index in [2.05, 4.69) is 27.0 Å². The van der Waals surface area contributed by atoms with Crippen LogP contribution in [0.25, 0.3) is 0 Å². The molecular formula is C14H20N4O2. The first kappa shape index (κ1) is 13.3. The van der Waals surface area contributed by atoms with Crippen molar-refractivity contribution in [3.05, 3.63) is 36.4 Å². The summed E-state index contributed by atoms with van der Waals surface area (Å²) in [6.45, 7) is 3.86. The van der Waals surface area contributed by atoms with Crippen LogP contribution in [-0.4, -0.2) is 46.1 Å². The maximum atomic E-state index is 5.40. The minimum absolute atomic E-state index is 0.585. The molecule has 1 fully saturated rings.